The maximum atomic E-state index is 10.5. The summed E-state index contributed by atoms with van der Waals surface area (Å²) in [6.45, 7) is 5.73. The van der Waals surface area contributed by atoms with E-state index in [0.29, 0.717) is 12.0 Å². The Labute approximate surface area is 105 Å². The van der Waals surface area contributed by atoms with Crippen molar-refractivity contribution in [3.8, 4) is 0 Å². The molecule has 4 bridgehead atoms. The van der Waals surface area contributed by atoms with Crippen molar-refractivity contribution >= 4 is 0 Å². The van der Waals surface area contributed by atoms with Crippen LogP contribution >= 0.6 is 0 Å². The number of aliphatic hydroxyl groups excluding tert-OH is 1. The van der Waals surface area contributed by atoms with Crippen molar-refractivity contribution in [3.63, 3.8) is 0 Å². The van der Waals surface area contributed by atoms with Crippen LogP contribution in [0, 0.1) is 22.7 Å². The second-order valence-corrected chi connectivity index (χ2v) is 7.31. The molecule has 4 rings (SSSR count). The van der Waals surface area contributed by atoms with Crippen LogP contribution in [0.2, 0.25) is 0 Å². The molecule has 0 heterocycles. The first kappa shape index (κ1) is 12.0. The minimum Gasteiger partial charge on any atom is -0.390 e. The van der Waals surface area contributed by atoms with Crippen LogP contribution in [0.25, 0.3) is 0 Å². The normalized spacial score (nSPS) is 49.6. The van der Waals surface area contributed by atoms with Crippen molar-refractivity contribution in [1.82, 2.24) is 0 Å². The lowest BCUT2D eigenvalue weighted by Crippen LogP contribution is -2.56. The van der Waals surface area contributed by atoms with Gasteiger partial charge in [0.1, 0.15) is 0 Å². The smallest absolute Gasteiger partial charge is 0.0830 e. The Morgan fingerprint density at radius 2 is 1.88 bits per heavy atom. The van der Waals surface area contributed by atoms with Gasteiger partial charge in [0.2, 0.25) is 0 Å². The van der Waals surface area contributed by atoms with Crippen molar-refractivity contribution in [3.05, 3.63) is 0 Å². The second-order valence-electron chi connectivity index (χ2n) is 7.31. The molecule has 0 amide bonds. The Morgan fingerprint density at radius 1 is 1.24 bits per heavy atom. The minimum absolute atomic E-state index is 0.202. The van der Waals surface area contributed by atoms with E-state index >= 15 is 0 Å². The van der Waals surface area contributed by atoms with E-state index in [9.17, 15) is 5.11 Å². The molecule has 0 aromatic heterocycles. The monoisotopic (exact) mass is 238 g/mol. The summed E-state index contributed by atoms with van der Waals surface area (Å²) in [6, 6.07) is 0. The van der Waals surface area contributed by atoms with Gasteiger partial charge in [-0.25, -0.2) is 0 Å². The van der Waals surface area contributed by atoms with Crippen molar-refractivity contribution in [1.29, 1.82) is 0 Å². The molecular formula is C15H26O2. The third-order valence-corrected chi connectivity index (χ3v) is 5.59. The summed E-state index contributed by atoms with van der Waals surface area (Å²) in [7, 11) is 0. The van der Waals surface area contributed by atoms with Gasteiger partial charge in [0, 0.05) is 6.61 Å². The van der Waals surface area contributed by atoms with Gasteiger partial charge in [0.25, 0.3) is 0 Å². The Hall–Kier alpha value is -0.0800. The molecule has 2 nitrogen and oxygen atoms in total. The summed E-state index contributed by atoms with van der Waals surface area (Å²) < 4.78 is 5.47. The Balaban J connectivity index is 1.78. The number of rotatable bonds is 4. The number of hydrogen-bond donors (Lipinski definition) is 1. The molecular weight excluding hydrogens is 212 g/mol. The van der Waals surface area contributed by atoms with E-state index in [1.54, 1.807) is 0 Å². The van der Waals surface area contributed by atoms with Gasteiger partial charge in [-0.05, 0) is 68.1 Å². The van der Waals surface area contributed by atoms with Gasteiger partial charge in [-0.2, -0.15) is 0 Å². The van der Waals surface area contributed by atoms with Gasteiger partial charge in [-0.1, -0.05) is 6.92 Å². The molecule has 0 spiro atoms. The minimum atomic E-state index is -0.229. The first-order valence-electron chi connectivity index (χ1n) is 7.31. The predicted molar refractivity (Wildman–Crippen MR) is 67.7 cm³/mol. The summed E-state index contributed by atoms with van der Waals surface area (Å²) in [5.74, 6) is 1.77. The van der Waals surface area contributed by atoms with Gasteiger partial charge < -0.3 is 9.84 Å². The van der Waals surface area contributed by atoms with E-state index in [4.69, 9.17) is 4.74 Å². The topological polar surface area (TPSA) is 29.5 Å². The maximum Gasteiger partial charge on any atom is 0.0830 e. The fourth-order valence-corrected chi connectivity index (χ4v) is 5.59. The molecule has 2 heteroatoms. The molecule has 4 aliphatic rings. The summed E-state index contributed by atoms with van der Waals surface area (Å²) >= 11 is 0. The molecule has 0 aromatic rings. The second kappa shape index (κ2) is 3.96. The lowest BCUT2D eigenvalue weighted by molar-refractivity contribution is -0.166. The molecule has 0 aromatic carbocycles. The standard InChI is InChI=1S/C15H26O2/c1-3-17-9-13(16)15-7-11-4-12(8-15)6-14(2,5-11)10-15/h11-13,16H,3-10H2,1-2H3. The predicted octanol–water partition coefficient (Wildman–Crippen LogP) is 2.99. The number of ether oxygens (including phenoxy) is 1. The van der Waals surface area contributed by atoms with Crippen LogP contribution in [-0.4, -0.2) is 24.4 Å². The van der Waals surface area contributed by atoms with Crippen LogP contribution in [0.4, 0.5) is 0 Å². The molecule has 3 unspecified atom stereocenters. The molecule has 3 atom stereocenters. The van der Waals surface area contributed by atoms with Crippen LogP contribution in [0.5, 0.6) is 0 Å². The third-order valence-electron chi connectivity index (χ3n) is 5.59. The fourth-order valence-electron chi connectivity index (χ4n) is 5.59. The zero-order chi connectivity index (χ0) is 12.1. The summed E-state index contributed by atoms with van der Waals surface area (Å²) in [5.41, 5.74) is 0.727. The first-order chi connectivity index (χ1) is 8.05. The van der Waals surface area contributed by atoms with Crippen molar-refractivity contribution in [2.75, 3.05) is 13.2 Å². The Kier molecular flexibility index (Phi) is 2.79. The highest BCUT2D eigenvalue weighted by Crippen LogP contribution is 2.66. The Bertz CT molecular complexity index is 285. The molecule has 0 aliphatic heterocycles. The maximum absolute atomic E-state index is 10.5. The van der Waals surface area contributed by atoms with Crippen molar-refractivity contribution in [2.45, 2.75) is 58.5 Å². The van der Waals surface area contributed by atoms with E-state index in [2.05, 4.69) is 6.92 Å². The highest BCUT2D eigenvalue weighted by Gasteiger charge is 2.58. The quantitative estimate of drug-likeness (QED) is 0.816. The van der Waals surface area contributed by atoms with Gasteiger partial charge in [-0.3, -0.25) is 0 Å². The average Bonchev–Trinajstić information content (AvgIpc) is 2.22. The van der Waals surface area contributed by atoms with Gasteiger partial charge >= 0.3 is 0 Å². The largest absolute Gasteiger partial charge is 0.390 e. The number of hydrogen-bond acceptors (Lipinski definition) is 2. The SMILES string of the molecule is CCOCC(O)C12CC3CC(CC(C)(C3)C1)C2. The van der Waals surface area contributed by atoms with Crippen molar-refractivity contribution < 1.29 is 9.84 Å². The first-order valence-corrected chi connectivity index (χ1v) is 7.31. The van der Waals surface area contributed by atoms with E-state index in [1.165, 1.54) is 38.5 Å². The molecule has 1 N–H and O–H groups in total. The molecule has 98 valence electrons. The fraction of sp³-hybridized carbons (Fsp3) is 1.00. The van der Waals surface area contributed by atoms with Crippen LogP contribution in [0.15, 0.2) is 0 Å². The molecule has 0 saturated heterocycles. The van der Waals surface area contributed by atoms with Crippen LogP contribution in [0.1, 0.15) is 52.4 Å². The lowest BCUT2D eigenvalue weighted by Gasteiger charge is -2.62. The lowest BCUT2D eigenvalue weighted by atomic mass is 9.43. The van der Waals surface area contributed by atoms with Gasteiger partial charge in [-0.15, -0.1) is 0 Å². The van der Waals surface area contributed by atoms with Crippen LogP contribution in [0.3, 0.4) is 0 Å². The van der Waals surface area contributed by atoms with Crippen LogP contribution < -0.4 is 0 Å². The van der Waals surface area contributed by atoms with Gasteiger partial charge in [0.05, 0.1) is 12.7 Å². The highest BCUT2D eigenvalue weighted by molar-refractivity contribution is 5.08. The number of aliphatic hydroxyl groups is 1. The zero-order valence-electron chi connectivity index (χ0n) is 11.2. The van der Waals surface area contributed by atoms with Crippen LogP contribution in [-0.2, 0) is 4.74 Å². The van der Waals surface area contributed by atoms with E-state index in [0.717, 1.165) is 18.4 Å². The van der Waals surface area contributed by atoms with E-state index in [1.807, 2.05) is 6.92 Å². The van der Waals surface area contributed by atoms with Gasteiger partial charge in [0.15, 0.2) is 0 Å². The molecule has 4 aliphatic carbocycles. The third kappa shape index (κ3) is 1.94. The Morgan fingerprint density at radius 3 is 2.41 bits per heavy atom. The highest BCUT2D eigenvalue weighted by atomic mass is 16.5. The van der Waals surface area contributed by atoms with E-state index < -0.39 is 0 Å². The molecule has 0 radical (unpaired) electrons. The zero-order valence-corrected chi connectivity index (χ0v) is 11.2. The van der Waals surface area contributed by atoms with E-state index in [-0.39, 0.29) is 11.5 Å². The van der Waals surface area contributed by atoms with Crippen molar-refractivity contribution in [2.24, 2.45) is 22.7 Å². The molecule has 4 fully saturated rings. The average molecular weight is 238 g/mol. The summed E-state index contributed by atoms with van der Waals surface area (Å²) in [5, 5.41) is 10.5. The summed E-state index contributed by atoms with van der Waals surface area (Å²) in [4.78, 5) is 0. The summed E-state index contributed by atoms with van der Waals surface area (Å²) in [6.07, 6.45) is 7.77. The molecule has 17 heavy (non-hydrogen) atoms. The molecule has 4 saturated carbocycles.